The zero-order valence-corrected chi connectivity index (χ0v) is 29.3. The smallest absolute Gasteiger partial charge is 0.420 e. The minimum Gasteiger partial charge on any atom is -0.506 e. The number of carbonyl (C=O) groups excluding carboxylic acids is 2. The Morgan fingerprint density at radius 1 is 0.960 bits per heavy atom. The summed E-state index contributed by atoms with van der Waals surface area (Å²) in [7, 11) is 0. The van der Waals surface area contributed by atoms with Crippen LogP contribution in [0.25, 0.3) is 0 Å². The van der Waals surface area contributed by atoms with Crippen molar-refractivity contribution >= 4 is 29.2 Å². The summed E-state index contributed by atoms with van der Waals surface area (Å²) in [5.41, 5.74) is 0.811. The topological polar surface area (TPSA) is 85.3 Å². The van der Waals surface area contributed by atoms with Gasteiger partial charge in [-0.15, -0.1) is 0 Å². The van der Waals surface area contributed by atoms with E-state index in [4.69, 9.17) is 16.3 Å². The molecule has 2 N–H and O–H groups in total. The number of likely N-dealkylation sites (tertiary alicyclic amines) is 2. The second kappa shape index (κ2) is 15.7. The number of anilines is 1. The van der Waals surface area contributed by atoms with Crippen LogP contribution in [-0.2, 0) is 28.5 Å². The van der Waals surface area contributed by atoms with Crippen LogP contribution in [0.2, 0.25) is 5.02 Å². The second-order valence-corrected chi connectivity index (χ2v) is 14.8. The lowest BCUT2D eigenvalue weighted by molar-refractivity contribution is -0.144. The first-order valence-electron chi connectivity index (χ1n) is 18.1. The highest BCUT2D eigenvalue weighted by molar-refractivity contribution is 6.32. The molecule has 0 bridgehead atoms. The van der Waals surface area contributed by atoms with E-state index in [1.54, 1.807) is 4.90 Å². The molecule has 50 heavy (non-hydrogen) atoms. The molecule has 3 heterocycles. The number of phenolic OH excluding ortho intramolecular Hbond substituents is 1. The summed E-state index contributed by atoms with van der Waals surface area (Å²) in [4.78, 5) is 32.8. The normalized spacial score (nSPS) is 20.6. The Balaban J connectivity index is 1.11. The third kappa shape index (κ3) is 8.64. The first-order valence-corrected chi connectivity index (χ1v) is 18.5. The van der Waals surface area contributed by atoms with Gasteiger partial charge in [0.15, 0.2) is 12.0 Å². The molecular formula is C38H48ClF3N4O4. The predicted molar refractivity (Wildman–Crippen MR) is 187 cm³/mol. The molecule has 1 saturated carbocycles. The van der Waals surface area contributed by atoms with E-state index in [0.29, 0.717) is 51.5 Å². The Morgan fingerprint density at radius 2 is 1.62 bits per heavy atom. The summed E-state index contributed by atoms with van der Waals surface area (Å²) in [6.07, 6.45) is 5.39. The fourth-order valence-corrected chi connectivity index (χ4v) is 8.52. The highest BCUT2D eigenvalue weighted by Gasteiger charge is 2.38. The zero-order valence-electron chi connectivity index (χ0n) is 28.5. The van der Waals surface area contributed by atoms with Crippen LogP contribution >= 0.6 is 11.6 Å². The number of urea groups is 1. The zero-order chi connectivity index (χ0) is 35.4. The van der Waals surface area contributed by atoms with Gasteiger partial charge in [0.2, 0.25) is 0 Å². The van der Waals surface area contributed by atoms with E-state index in [9.17, 15) is 27.9 Å². The fraction of sp³-hybridized carbons (Fsp3) is 0.579. The van der Waals surface area contributed by atoms with Crippen molar-refractivity contribution in [2.75, 3.05) is 38.0 Å². The Labute approximate surface area is 297 Å². The molecule has 0 unspecified atom stereocenters. The third-order valence-electron chi connectivity index (χ3n) is 11.1. The molecule has 2 aromatic carbocycles. The largest absolute Gasteiger partial charge is 0.506 e. The summed E-state index contributed by atoms with van der Waals surface area (Å²) in [6.45, 7) is 6.96. The number of benzene rings is 2. The van der Waals surface area contributed by atoms with E-state index in [2.05, 4.69) is 11.9 Å². The van der Waals surface area contributed by atoms with Crippen molar-refractivity contribution in [1.29, 1.82) is 0 Å². The number of hydrogen-bond donors (Lipinski definition) is 2. The summed E-state index contributed by atoms with van der Waals surface area (Å²) in [6, 6.07) is 9.79. The number of hydrogen-bond acceptors (Lipinski definition) is 5. The number of rotatable bonds is 9. The summed E-state index contributed by atoms with van der Waals surface area (Å²) in [5, 5.41) is 12.6. The van der Waals surface area contributed by atoms with Gasteiger partial charge in [0.05, 0.1) is 10.6 Å². The van der Waals surface area contributed by atoms with E-state index in [0.717, 1.165) is 42.5 Å². The first-order chi connectivity index (χ1) is 24.0. The molecule has 1 aliphatic carbocycles. The van der Waals surface area contributed by atoms with Crippen LogP contribution in [0.15, 0.2) is 48.9 Å². The van der Waals surface area contributed by atoms with Crippen LogP contribution in [0.4, 0.5) is 23.7 Å². The number of amides is 3. The van der Waals surface area contributed by atoms with Crippen molar-refractivity contribution < 1.29 is 32.6 Å². The van der Waals surface area contributed by atoms with Gasteiger partial charge in [0.1, 0.15) is 5.75 Å². The number of piperidine rings is 2. The number of alkyl halides is 3. The monoisotopic (exact) mass is 716 g/mol. The highest BCUT2D eigenvalue weighted by atomic mass is 35.5. The average Bonchev–Trinajstić information content (AvgIpc) is 3.27. The number of aromatic hydroxyl groups is 1. The predicted octanol–water partition coefficient (Wildman–Crippen LogP) is 8.23. The molecule has 0 radical (unpaired) electrons. The van der Waals surface area contributed by atoms with Crippen molar-refractivity contribution in [3.63, 3.8) is 0 Å². The molecule has 272 valence electrons. The summed E-state index contributed by atoms with van der Waals surface area (Å²) >= 11 is 6.04. The van der Waals surface area contributed by atoms with Crippen LogP contribution in [0.1, 0.15) is 80.9 Å². The van der Waals surface area contributed by atoms with E-state index in [-0.39, 0.29) is 35.8 Å². The van der Waals surface area contributed by atoms with Gasteiger partial charge in [-0.3, -0.25) is 4.79 Å². The maximum atomic E-state index is 14.1. The molecule has 6 rings (SSSR count). The molecule has 0 spiro atoms. The van der Waals surface area contributed by atoms with Gasteiger partial charge >= 0.3 is 12.2 Å². The lowest BCUT2D eigenvalue weighted by atomic mass is 9.80. The Morgan fingerprint density at radius 3 is 2.32 bits per heavy atom. The van der Waals surface area contributed by atoms with Gasteiger partial charge < -0.3 is 29.9 Å². The number of nitrogens with one attached hydrogen (secondary N) is 1. The van der Waals surface area contributed by atoms with E-state index < -0.39 is 28.6 Å². The van der Waals surface area contributed by atoms with Gasteiger partial charge in [-0.1, -0.05) is 61.9 Å². The van der Waals surface area contributed by atoms with Gasteiger partial charge in [-0.05, 0) is 86.3 Å². The van der Waals surface area contributed by atoms with Crippen molar-refractivity contribution in [1.82, 2.24) is 14.7 Å². The first kappa shape index (κ1) is 36.2. The van der Waals surface area contributed by atoms with Crippen molar-refractivity contribution in [3.8, 4) is 5.75 Å². The molecule has 4 aliphatic rings. The Hall–Kier alpha value is -3.60. The number of halogens is 4. The maximum absolute atomic E-state index is 14.1. The van der Waals surface area contributed by atoms with E-state index in [1.165, 1.54) is 44.6 Å². The molecule has 8 nitrogen and oxygen atoms in total. The Kier molecular flexibility index (Phi) is 11.4. The molecular weight excluding hydrogens is 669 g/mol. The van der Waals surface area contributed by atoms with Crippen LogP contribution in [0.5, 0.6) is 5.75 Å². The van der Waals surface area contributed by atoms with Gasteiger partial charge in [-0.25, -0.2) is 4.79 Å². The number of para-hydroxylation sites is 1. The van der Waals surface area contributed by atoms with Crippen LogP contribution in [0, 0.1) is 11.8 Å². The van der Waals surface area contributed by atoms with Gasteiger partial charge in [-0.2, -0.15) is 13.2 Å². The lowest BCUT2D eigenvalue weighted by Crippen LogP contribution is -2.49. The van der Waals surface area contributed by atoms with Crippen molar-refractivity contribution in [2.24, 2.45) is 11.8 Å². The minimum absolute atomic E-state index is 0.0145. The van der Waals surface area contributed by atoms with Crippen LogP contribution < -0.4 is 5.32 Å². The molecule has 1 atom stereocenters. The molecule has 3 fully saturated rings. The average molecular weight is 717 g/mol. The summed E-state index contributed by atoms with van der Waals surface area (Å²) < 4.78 is 47.6. The van der Waals surface area contributed by atoms with Crippen molar-refractivity contribution in [2.45, 2.75) is 95.4 Å². The van der Waals surface area contributed by atoms with Gasteiger partial charge in [0, 0.05) is 50.9 Å². The summed E-state index contributed by atoms with van der Waals surface area (Å²) in [5.74, 6) is 0.245. The number of carbonyl (C=O) groups is 2. The van der Waals surface area contributed by atoms with Crippen LogP contribution in [-0.4, -0.2) is 76.6 Å². The van der Waals surface area contributed by atoms with E-state index >= 15 is 0 Å². The second-order valence-electron chi connectivity index (χ2n) is 14.4. The van der Waals surface area contributed by atoms with Gasteiger partial charge in [0.25, 0.3) is 5.91 Å². The van der Waals surface area contributed by atoms with Crippen molar-refractivity contribution in [3.05, 3.63) is 70.6 Å². The molecule has 3 amide bonds. The maximum Gasteiger partial charge on any atom is 0.420 e. The molecule has 2 aromatic rings. The molecule has 2 saturated heterocycles. The number of fused-ring (bicyclic) bond motifs is 1. The number of ether oxygens (including phenoxy) is 1. The molecule has 0 aromatic heterocycles. The molecule has 3 aliphatic heterocycles. The lowest BCUT2D eigenvalue weighted by Gasteiger charge is -2.40. The fourth-order valence-electron chi connectivity index (χ4n) is 8.27. The third-order valence-corrected chi connectivity index (χ3v) is 11.4. The highest BCUT2D eigenvalue weighted by Crippen LogP contribution is 2.41. The Bertz CT molecular complexity index is 1530. The number of nitrogens with zero attached hydrogens (tertiary/aromatic N) is 3. The minimum atomic E-state index is -4.83. The van der Waals surface area contributed by atoms with E-state index in [1.807, 2.05) is 34.1 Å². The quantitative estimate of drug-likeness (QED) is 0.256. The van der Waals surface area contributed by atoms with Crippen LogP contribution in [0.3, 0.4) is 0 Å². The SMILES string of the molecule is C=C(O[C@H](Cc1cc(Cl)c(O)c(C(F)(F)F)c1)C(=O)N1CCC(CC2CCCCC2)CC1)N1CCC(N2CCc3ccccc3NC2=O)CC1. The number of phenols is 1. The standard InChI is InChI=1S/C38H48ClF3N4O4/c1-25(44-18-14-30(15-19-44)46-20-13-29-9-5-6-10-33(29)43-37(46)49)50-34(24-28-22-31(38(40,41)42)35(47)32(39)23-28)36(48)45-16-11-27(12-17-45)21-26-7-3-2-4-8-26/h5-6,9-10,22-23,26-27,30,34,47H,1-4,7-8,11-21,24H2,(H,43,49)/t34-/m1/s1. The molecule has 12 heteroatoms.